The fourth-order valence-corrected chi connectivity index (χ4v) is 6.41. The van der Waals surface area contributed by atoms with Crippen LogP contribution in [0.4, 0.5) is 0 Å². The van der Waals surface area contributed by atoms with Gasteiger partial charge in [0.15, 0.2) is 5.78 Å². The summed E-state index contributed by atoms with van der Waals surface area (Å²) in [5.41, 5.74) is 4.52. The van der Waals surface area contributed by atoms with Crippen molar-refractivity contribution in [3.8, 4) is 0 Å². The first-order valence-electron chi connectivity index (χ1n) is 10.6. The predicted molar refractivity (Wildman–Crippen MR) is 125 cm³/mol. The molecule has 5 heteroatoms. The third-order valence-electron chi connectivity index (χ3n) is 6.14. The average Bonchev–Trinajstić information content (AvgIpc) is 3.05. The number of carbonyl (C=O) groups excluding carboxylic acids is 1. The average molecular weight is 442 g/mol. The molecule has 3 aromatic rings. The number of hydrogen-bond acceptors (Lipinski definition) is 3. The Kier molecular flexibility index (Phi) is 5.06. The molecule has 2 aliphatic heterocycles. The summed E-state index contributed by atoms with van der Waals surface area (Å²) in [6, 6.07) is 26.8. The number of hydrogen-bond donors (Lipinski definition) is 0. The van der Waals surface area contributed by atoms with Crippen molar-refractivity contribution in [2.24, 2.45) is 0 Å². The van der Waals surface area contributed by atoms with Crippen molar-refractivity contribution in [1.82, 2.24) is 4.31 Å². The molecule has 2 heterocycles. The summed E-state index contributed by atoms with van der Waals surface area (Å²) < 4.78 is 28.6. The van der Waals surface area contributed by atoms with E-state index in [0.717, 1.165) is 11.1 Å². The highest BCUT2D eigenvalue weighted by Gasteiger charge is 2.44. The number of benzene rings is 3. The highest BCUT2D eigenvalue weighted by molar-refractivity contribution is 7.90. The molecule has 0 N–H and O–H groups in total. The zero-order valence-corrected chi connectivity index (χ0v) is 18.5. The fourth-order valence-electron chi connectivity index (χ4n) is 4.62. The highest BCUT2D eigenvalue weighted by atomic mass is 32.2. The van der Waals surface area contributed by atoms with Gasteiger partial charge in [0.25, 0.3) is 10.0 Å². The van der Waals surface area contributed by atoms with Gasteiger partial charge in [-0.2, -0.15) is 0 Å². The molecule has 2 aliphatic rings. The molecule has 0 saturated carbocycles. The van der Waals surface area contributed by atoms with Gasteiger partial charge in [-0.25, -0.2) is 12.7 Å². The van der Waals surface area contributed by atoms with Gasteiger partial charge in [-0.3, -0.25) is 4.79 Å². The number of allylic oxidation sites excluding steroid dienone is 3. The van der Waals surface area contributed by atoms with E-state index in [2.05, 4.69) is 12.1 Å². The number of sulfonamides is 1. The van der Waals surface area contributed by atoms with Crippen molar-refractivity contribution in [1.29, 1.82) is 0 Å². The van der Waals surface area contributed by atoms with Crippen LogP contribution in [0.2, 0.25) is 0 Å². The molecule has 0 saturated heterocycles. The normalized spacial score (nSPS) is 20.2. The first-order valence-corrected chi connectivity index (χ1v) is 12.1. The summed E-state index contributed by atoms with van der Waals surface area (Å²) in [7, 11) is -3.78. The van der Waals surface area contributed by atoms with Crippen LogP contribution in [0, 0.1) is 0 Å². The van der Waals surface area contributed by atoms with E-state index in [1.807, 2.05) is 66.7 Å². The quantitative estimate of drug-likeness (QED) is 0.516. The molecular weight excluding hydrogens is 418 g/mol. The van der Waals surface area contributed by atoms with Crippen molar-refractivity contribution < 1.29 is 13.2 Å². The summed E-state index contributed by atoms with van der Waals surface area (Å²) in [6.45, 7) is 1.52. The molecular formula is C27H23NO3S. The predicted octanol–water partition coefficient (Wildman–Crippen LogP) is 5.31. The second-order valence-corrected chi connectivity index (χ2v) is 9.94. The lowest BCUT2D eigenvalue weighted by atomic mass is 9.86. The second kappa shape index (κ2) is 7.92. The Hall–Kier alpha value is -3.44. The Bertz CT molecular complexity index is 1360. The van der Waals surface area contributed by atoms with Gasteiger partial charge >= 0.3 is 0 Å². The van der Waals surface area contributed by atoms with Crippen LogP contribution in [0.25, 0.3) is 5.70 Å². The number of carbonyl (C=O) groups is 1. The van der Waals surface area contributed by atoms with Gasteiger partial charge in [-0.05, 0) is 30.5 Å². The van der Waals surface area contributed by atoms with Gasteiger partial charge in [0.2, 0.25) is 0 Å². The molecule has 3 aromatic carbocycles. The summed E-state index contributed by atoms with van der Waals surface area (Å²) in [5, 5.41) is 0. The molecule has 32 heavy (non-hydrogen) atoms. The van der Waals surface area contributed by atoms with Gasteiger partial charge in [0.1, 0.15) is 0 Å². The van der Waals surface area contributed by atoms with Gasteiger partial charge in [0, 0.05) is 29.2 Å². The van der Waals surface area contributed by atoms with E-state index < -0.39 is 10.0 Å². The standard InChI is InChI=1S/C27H23NO3S/c1-19(29)24(16-20-10-4-2-5-11-20)26-18-22(21-12-6-3-7-13-21)17-25-23-14-8-9-15-27(23)32(30,31)28(25)26/h2-15,17,22H,16,18H2,1H3/b26-24+/t22-/m1/s1. The second-order valence-electron chi connectivity index (χ2n) is 8.18. The first-order chi connectivity index (χ1) is 15.5. The molecule has 4 nitrogen and oxygen atoms in total. The number of rotatable bonds is 4. The van der Waals surface area contributed by atoms with Crippen molar-refractivity contribution in [2.45, 2.75) is 30.6 Å². The van der Waals surface area contributed by atoms with E-state index in [9.17, 15) is 13.2 Å². The monoisotopic (exact) mass is 441 g/mol. The molecule has 0 radical (unpaired) electrons. The van der Waals surface area contributed by atoms with Crippen LogP contribution in [0.15, 0.2) is 107 Å². The molecule has 0 unspecified atom stereocenters. The van der Waals surface area contributed by atoms with Crippen LogP contribution in [0.1, 0.15) is 36.0 Å². The minimum Gasteiger partial charge on any atom is -0.295 e. The van der Waals surface area contributed by atoms with Gasteiger partial charge < -0.3 is 0 Å². The Morgan fingerprint density at radius 3 is 2.22 bits per heavy atom. The molecule has 5 rings (SSSR count). The van der Waals surface area contributed by atoms with E-state index in [0.29, 0.717) is 40.3 Å². The zero-order chi connectivity index (χ0) is 22.3. The van der Waals surface area contributed by atoms with E-state index in [1.54, 1.807) is 12.1 Å². The largest absolute Gasteiger partial charge is 0.295 e. The summed E-state index contributed by atoms with van der Waals surface area (Å²) >= 11 is 0. The maximum absolute atomic E-state index is 13.6. The summed E-state index contributed by atoms with van der Waals surface area (Å²) in [5.74, 6) is -0.132. The summed E-state index contributed by atoms with van der Waals surface area (Å²) in [6.07, 6.45) is 2.87. The molecule has 0 aromatic heterocycles. The lowest BCUT2D eigenvalue weighted by Crippen LogP contribution is -2.30. The van der Waals surface area contributed by atoms with E-state index in [4.69, 9.17) is 0 Å². The van der Waals surface area contributed by atoms with Crippen LogP contribution in [-0.4, -0.2) is 18.5 Å². The molecule has 0 fully saturated rings. The van der Waals surface area contributed by atoms with E-state index >= 15 is 0 Å². The Labute approximate surface area is 188 Å². The highest BCUT2D eigenvalue weighted by Crippen LogP contribution is 2.49. The Balaban J connectivity index is 1.74. The van der Waals surface area contributed by atoms with Crippen LogP contribution in [-0.2, 0) is 21.2 Å². The van der Waals surface area contributed by atoms with Crippen molar-refractivity contribution in [3.05, 3.63) is 119 Å². The maximum Gasteiger partial charge on any atom is 0.269 e. The van der Waals surface area contributed by atoms with E-state index in [1.165, 1.54) is 11.2 Å². The van der Waals surface area contributed by atoms with Crippen LogP contribution in [0.5, 0.6) is 0 Å². The molecule has 0 spiro atoms. The SMILES string of the molecule is CC(=O)/C(Cc1ccccc1)=C1\C[C@H](c2ccccc2)C=C2c3ccccc3S(=O)(=O)N21. The first kappa shape index (κ1) is 20.5. The minimum atomic E-state index is -3.78. The number of fused-ring (bicyclic) bond motifs is 3. The molecule has 1 atom stereocenters. The van der Waals surface area contributed by atoms with Crippen molar-refractivity contribution in [2.75, 3.05) is 0 Å². The number of Topliss-reactive ketones (excluding diaryl/α,β-unsaturated/α-hetero) is 1. The van der Waals surface area contributed by atoms with E-state index in [-0.39, 0.29) is 11.7 Å². The number of nitrogens with zero attached hydrogens (tertiary/aromatic N) is 1. The van der Waals surface area contributed by atoms with Crippen LogP contribution >= 0.6 is 0 Å². The third kappa shape index (κ3) is 3.39. The zero-order valence-electron chi connectivity index (χ0n) is 17.7. The van der Waals surface area contributed by atoms with Gasteiger partial charge in [0.05, 0.1) is 10.6 Å². The lowest BCUT2D eigenvalue weighted by molar-refractivity contribution is -0.113. The molecule has 0 amide bonds. The number of ketones is 1. The van der Waals surface area contributed by atoms with Crippen LogP contribution in [0.3, 0.4) is 0 Å². The summed E-state index contributed by atoms with van der Waals surface area (Å²) in [4.78, 5) is 13.2. The maximum atomic E-state index is 13.6. The minimum absolute atomic E-state index is 0.0241. The third-order valence-corrected chi connectivity index (χ3v) is 7.95. The van der Waals surface area contributed by atoms with Crippen molar-refractivity contribution >= 4 is 21.5 Å². The Morgan fingerprint density at radius 2 is 1.53 bits per heavy atom. The van der Waals surface area contributed by atoms with Crippen LogP contribution < -0.4 is 0 Å². The fraction of sp³-hybridized carbons (Fsp3) is 0.148. The molecule has 0 aliphatic carbocycles. The molecule has 160 valence electrons. The molecule has 0 bridgehead atoms. The lowest BCUT2D eigenvalue weighted by Gasteiger charge is -2.32. The Morgan fingerprint density at radius 1 is 0.906 bits per heavy atom. The van der Waals surface area contributed by atoms with Gasteiger partial charge in [-0.15, -0.1) is 0 Å². The van der Waals surface area contributed by atoms with Gasteiger partial charge in [-0.1, -0.05) is 84.9 Å². The van der Waals surface area contributed by atoms with Crippen molar-refractivity contribution in [3.63, 3.8) is 0 Å². The smallest absolute Gasteiger partial charge is 0.269 e. The topological polar surface area (TPSA) is 54.5 Å².